The maximum Gasteiger partial charge on any atom is 0.372 e. The number of ether oxygens (including phenoxy) is 1. The summed E-state index contributed by atoms with van der Waals surface area (Å²) in [6.45, 7) is 1.45. The first-order valence-corrected chi connectivity index (χ1v) is 6.54. The van der Waals surface area contributed by atoms with E-state index in [0.29, 0.717) is 6.08 Å². The van der Waals surface area contributed by atoms with E-state index in [1.165, 1.54) is 19.1 Å². The molecule has 1 heterocycles. The number of nitrogens with zero attached hydrogens (tertiary/aromatic N) is 1. The molecule has 0 amide bonds. The van der Waals surface area contributed by atoms with E-state index in [4.69, 9.17) is 20.1 Å². The number of aliphatic imine (C=N–C) groups is 1. The molecule has 0 unspecified atom stereocenters. The summed E-state index contributed by atoms with van der Waals surface area (Å²) in [5.74, 6) is -5.77. The first-order valence-electron chi connectivity index (χ1n) is 6.54. The highest BCUT2D eigenvalue weighted by Gasteiger charge is 2.27. The highest BCUT2D eigenvalue weighted by atomic mass is 16.5. The minimum atomic E-state index is -1.60. The van der Waals surface area contributed by atoms with Crippen molar-refractivity contribution in [2.75, 3.05) is 0 Å². The van der Waals surface area contributed by atoms with E-state index in [1.54, 1.807) is 0 Å². The van der Waals surface area contributed by atoms with Crippen molar-refractivity contribution in [2.45, 2.75) is 13.3 Å². The van der Waals surface area contributed by atoms with Gasteiger partial charge in [-0.1, -0.05) is 0 Å². The molecule has 1 aliphatic rings. The summed E-state index contributed by atoms with van der Waals surface area (Å²) >= 11 is 0. The van der Waals surface area contributed by atoms with Crippen LogP contribution in [-0.4, -0.2) is 44.7 Å². The molecule has 0 bridgehead atoms. The lowest BCUT2D eigenvalue weighted by molar-refractivity contribution is -0.137. The van der Waals surface area contributed by atoms with Crippen LogP contribution in [0.15, 0.2) is 29.0 Å². The zero-order valence-electron chi connectivity index (χ0n) is 12.3. The number of Topliss-reactive ketones (excluding diaryl/α,β-unsaturated/α-hetero) is 1. The zero-order valence-corrected chi connectivity index (χ0v) is 12.3. The Morgan fingerprint density at radius 2 is 1.88 bits per heavy atom. The fraction of sp³-hybridized carbons (Fsp3) is 0.133. The van der Waals surface area contributed by atoms with Gasteiger partial charge in [0.05, 0.1) is 18.2 Å². The van der Waals surface area contributed by atoms with Gasteiger partial charge >= 0.3 is 17.9 Å². The Hall–Kier alpha value is -3.49. The molecule has 24 heavy (non-hydrogen) atoms. The molecule has 0 aromatic heterocycles. The molecule has 124 valence electrons. The Morgan fingerprint density at radius 1 is 1.21 bits per heavy atom. The summed E-state index contributed by atoms with van der Waals surface area (Å²) in [5, 5.41) is 26.6. The van der Waals surface area contributed by atoms with E-state index in [2.05, 4.69) is 4.99 Å². The second-order valence-electron chi connectivity index (χ2n) is 4.80. The number of hydrogen-bond donors (Lipinski definition) is 3. The largest absolute Gasteiger partial charge is 0.478 e. The van der Waals surface area contributed by atoms with E-state index in [9.17, 15) is 19.2 Å². The van der Waals surface area contributed by atoms with Crippen molar-refractivity contribution >= 4 is 35.1 Å². The second kappa shape index (κ2) is 6.32. The molecule has 0 radical (unpaired) electrons. The van der Waals surface area contributed by atoms with Crippen molar-refractivity contribution in [3.05, 3.63) is 35.1 Å². The molecule has 9 heteroatoms. The summed E-state index contributed by atoms with van der Waals surface area (Å²) in [4.78, 5) is 48.5. The van der Waals surface area contributed by atoms with Gasteiger partial charge in [0.15, 0.2) is 5.78 Å². The van der Waals surface area contributed by atoms with E-state index in [-0.39, 0.29) is 34.7 Å². The number of fused-ring (bicyclic) bond motifs is 1. The lowest BCUT2D eigenvalue weighted by atomic mass is 9.97. The Balaban J connectivity index is 2.52. The van der Waals surface area contributed by atoms with E-state index < -0.39 is 29.5 Å². The molecule has 0 aliphatic carbocycles. The van der Waals surface area contributed by atoms with Crippen LogP contribution in [0.25, 0.3) is 0 Å². The molecule has 9 nitrogen and oxygen atoms in total. The van der Waals surface area contributed by atoms with Crippen LogP contribution in [0.5, 0.6) is 5.75 Å². The smallest absolute Gasteiger partial charge is 0.372 e. The topological polar surface area (TPSA) is 151 Å². The van der Waals surface area contributed by atoms with Gasteiger partial charge in [0, 0.05) is 11.1 Å². The van der Waals surface area contributed by atoms with Crippen molar-refractivity contribution in [3.8, 4) is 5.75 Å². The molecule has 0 atom stereocenters. The lowest BCUT2D eigenvalue weighted by Crippen LogP contribution is -2.21. The molecule has 0 saturated heterocycles. The van der Waals surface area contributed by atoms with Crippen molar-refractivity contribution in [1.82, 2.24) is 0 Å². The fourth-order valence-corrected chi connectivity index (χ4v) is 2.07. The summed E-state index contributed by atoms with van der Waals surface area (Å²) in [6, 6.07) is 2.62. The van der Waals surface area contributed by atoms with Gasteiger partial charge in [0.1, 0.15) is 11.5 Å². The van der Waals surface area contributed by atoms with Gasteiger partial charge in [-0.2, -0.15) is 0 Å². The van der Waals surface area contributed by atoms with Gasteiger partial charge in [-0.3, -0.25) is 4.79 Å². The Morgan fingerprint density at radius 3 is 2.42 bits per heavy atom. The summed E-state index contributed by atoms with van der Waals surface area (Å²) in [7, 11) is 0. The number of aliphatic carboxylic acids is 3. The number of benzene rings is 1. The molecule has 0 spiro atoms. The number of carboxylic acids is 3. The first kappa shape index (κ1) is 16.9. The zero-order chi connectivity index (χ0) is 18.0. The molecule has 1 aliphatic heterocycles. The van der Waals surface area contributed by atoms with Gasteiger partial charge in [-0.05, 0) is 19.1 Å². The van der Waals surface area contributed by atoms with Crippen LogP contribution < -0.4 is 4.74 Å². The third kappa shape index (κ3) is 3.29. The third-order valence-corrected chi connectivity index (χ3v) is 3.19. The first-order chi connectivity index (χ1) is 11.2. The summed E-state index contributed by atoms with van der Waals surface area (Å²) < 4.78 is 5.07. The Bertz CT molecular complexity index is 834. The van der Waals surface area contributed by atoms with Crippen molar-refractivity contribution in [3.63, 3.8) is 0 Å². The van der Waals surface area contributed by atoms with Crippen LogP contribution in [-0.2, 0) is 14.4 Å². The molecule has 1 aromatic rings. The number of carbonyl (C=O) groups is 4. The Kier molecular flexibility index (Phi) is 4.45. The highest BCUT2D eigenvalue weighted by Crippen LogP contribution is 2.36. The van der Waals surface area contributed by atoms with Crippen LogP contribution in [0.2, 0.25) is 0 Å². The predicted octanol–water partition coefficient (Wildman–Crippen LogP) is 1.17. The monoisotopic (exact) mass is 333 g/mol. The van der Waals surface area contributed by atoms with Crippen LogP contribution in [0.3, 0.4) is 0 Å². The lowest BCUT2D eigenvalue weighted by Gasteiger charge is -2.17. The van der Waals surface area contributed by atoms with Crippen molar-refractivity contribution in [2.24, 2.45) is 4.99 Å². The number of carboxylic acid groups (broad SMARTS) is 3. The number of rotatable bonds is 5. The minimum absolute atomic E-state index is 0.0492. The number of ketones is 1. The Labute approximate surface area is 134 Å². The van der Waals surface area contributed by atoms with Gasteiger partial charge in [-0.15, -0.1) is 0 Å². The maximum atomic E-state index is 12.0. The number of hydrogen-bond acceptors (Lipinski definition) is 6. The van der Waals surface area contributed by atoms with Crippen molar-refractivity contribution < 1.29 is 39.2 Å². The predicted molar refractivity (Wildman–Crippen MR) is 78.8 cm³/mol. The van der Waals surface area contributed by atoms with Gasteiger partial charge in [-0.25, -0.2) is 19.4 Å². The maximum absolute atomic E-state index is 12.0. The average Bonchev–Trinajstić information content (AvgIpc) is 2.48. The van der Waals surface area contributed by atoms with Crippen LogP contribution in [0.4, 0.5) is 5.69 Å². The van der Waals surface area contributed by atoms with Crippen LogP contribution in [0, 0.1) is 6.92 Å². The third-order valence-electron chi connectivity index (χ3n) is 3.19. The summed E-state index contributed by atoms with van der Waals surface area (Å²) in [5.41, 5.74) is 0.120. The molecular weight excluding hydrogens is 322 g/mol. The van der Waals surface area contributed by atoms with E-state index in [0.717, 1.165) is 0 Å². The molecule has 0 saturated carbocycles. The van der Waals surface area contributed by atoms with Gasteiger partial charge in [0.2, 0.25) is 5.76 Å². The quantitative estimate of drug-likeness (QED) is 0.536. The van der Waals surface area contributed by atoms with Crippen LogP contribution in [0.1, 0.15) is 22.3 Å². The second-order valence-corrected chi connectivity index (χ2v) is 4.80. The van der Waals surface area contributed by atoms with Gasteiger partial charge in [0.25, 0.3) is 0 Å². The van der Waals surface area contributed by atoms with Gasteiger partial charge < -0.3 is 20.1 Å². The van der Waals surface area contributed by atoms with Crippen molar-refractivity contribution in [1.29, 1.82) is 0 Å². The number of carbonyl (C=O) groups excluding carboxylic acids is 1. The molecule has 1 aromatic carbocycles. The molecule has 0 fully saturated rings. The standard InChI is InChI=1S/C15H11NO8/c1-6-10(24-11(15(22)23)5-12(18)19)3-2-7-9(17)4-8(14(20)21)16-13(6)7/h2-3,5H,4H2,1H3,(H,18,19)(H,20,21)(H,22,23). The average molecular weight is 333 g/mol. The SMILES string of the molecule is Cc1c(OC(=CC(=O)O)C(=O)O)ccc2c1N=C(C(=O)O)CC2=O. The molecule has 2 rings (SSSR count). The summed E-state index contributed by atoms with van der Waals surface area (Å²) in [6.07, 6.45) is 0.0274. The van der Waals surface area contributed by atoms with E-state index in [1.807, 2.05) is 0 Å². The normalized spacial score (nSPS) is 13.8. The fourth-order valence-electron chi connectivity index (χ4n) is 2.07. The van der Waals surface area contributed by atoms with Crippen LogP contribution >= 0.6 is 0 Å². The van der Waals surface area contributed by atoms with E-state index >= 15 is 0 Å². The molecular formula is C15H11NO8. The minimum Gasteiger partial charge on any atom is -0.478 e. The molecule has 3 N–H and O–H groups in total. The highest BCUT2D eigenvalue weighted by molar-refractivity contribution is 6.42.